The summed E-state index contributed by atoms with van der Waals surface area (Å²) in [5.74, 6) is 0.283. The van der Waals surface area contributed by atoms with Crippen LogP contribution in [0.2, 0.25) is 0 Å². The molecule has 5 heteroatoms. The van der Waals surface area contributed by atoms with Gasteiger partial charge in [-0.25, -0.2) is 0 Å². The lowest BCUT2D eigenvalue weighted by molar-refractivity contribution is 0.529. The van der Waals surface area contributed by atoms with Crippen LogP contribution in [0.4, 0.5) is 0 Å². The zero-order chi connectivity index (χ0) is 7.72. The van der Waals surface area contributed by atoms with Crippen LogP contribution in [0.25, 0.3) is 0 Å². The lowest BCUT2D eigenvalue weighted by atomic mass is 10.4. The fourth-order valence-corrected chi connectivity index (χ4v) is 1.06. The number of halogens is 2. The van der Waals surface area contributed by atoms with Gasteiger partial charge in [-0.3, -0.25) is 5.41 Å². The molecule has 0 spiro atoms. The summed E-state index contributed by atoms with van der Waals surface area (Å²) in [4.78, 5) is 0. The molecule has 0 aromatic carbocycles. The molecule has 3 nitrogen and oxygen atoms in total. The molecule has 0 fully saturated rings. The van der Waals surface area contributed by atoms with Gasteiger partial charge < -0.3 is 10.2 Å². The van der Waals surface area contributed by atoms with Crippen molar-refractivity contribution in [3.05, 3.63) is 21.0 Å². The molecule has 0 saturated carbocycles. The maximum Gasteiger partial charge on any atom is 0.184 e. The third-order valence-corrected chi connectivity index (χ3v) is 2.62. The van der Waals surface area contributed by atoms with Crippen LogP contribution in [-0.2, 0) is 0 Å². The standard InChI is InChI=1S/C5H4Br2N2O/c6-2-1-3(5(8)9)10-4(2)7/h1H,(H3,8,9). The van der Waals surface area contributed by atoms with E-state index in [-0.39, 0.29) is 5.84 Å². The minimum atomic E-state index is -0.0774. The van der Waals surface area contributed by atoms with E-state index in [9.17, 15) is 0 Å². The average molecular weight is 268 g/mol. The Kier molecular flexibility index (Phi) is 2.15. The average Bonchev–Trinajstić information content (AvgIpc) is 2.13. The largest absolute Gasteiger partial charge is 0.445 e. The molecule has 0 radical (unpaired) electrons. The lowest BCUT2D eigenvalue weighted by Crippen LogP contribution is -2.09. The Morgan fingerprint density at radius 1 is 1.60 bits per heavy atom. The van der Waals surface area contributed by atoms with Crippen LogP contribution >= 0.6 is 31.9 Å². The van der Waals surface area contributed by atoms with Gasteiger partial charge >= 0.3 is 0 Å². The zero-order valence-corrected chi connectivity index (χ0v) is 7.99. The number of furan rings is 1. The normalized spacial score (nSPS) is 9.80. The predicted octanol–water partition coefficient (Wildman–Crippen LogP) is 2.09. The van der Waals surface area contributed by atoms with Gasteiger partial charge in [0.2, 0.25) is 0 Å². The third kappa shape index (κ3) is 1.41. The van der Waals surface area contributed by atoms with Crippen LogP contribution in [0.5, 0.6) is 0 Å². The summed E-state index contributed by atoms with van der Waals surface area (Å²) in [6.45, 7) is 0. The summed E-state index contributed by atoms with van der Waals surface area (Å²) >= 11 is 6.31. The SMILES string of the molecule is N=C(N)c1cc(Br)c(Br)o1. The third-order valence-electron chi connectivity index (χ3n) is 0.911. The highest BCUT2D eigenvalue weighted by Gasteiger charge is 2.06. The first kappa shape index (κ1) is 7.81. The molecule has 10 heavy (non-hydrogen) atoms. The van der Waals surface area contributed by atoms with E-state index in [4.69, 9.17) is 15.6 Å². The van der Waals surface area contributed by atoms with Gasteiger partial charge in [0.1, 0.15) is 0 Å². The van der Waals surface area contributed by atoms with Gasteiger partial charge in [-0.05, 0) is 31.9 Å². The second-order valence-electron chi connectivity index (χ2n) is 1.65. The van der Waals surface area contributed by atoms with Gasteiger partial charge in [-0.1, -0.05) is 0 Å². The van der Waals surface area contributed by atoms with Crippen LogP contribution in [-0.4, -0.2) is 5.84 Å². The Hall–Kier alpha value is -0.290. The maximum absolute atomic E-state index is 6.99. The van der Waals surface area contributed by atoms with Crippen molar-refractivity contribution in [3.63, 3.8) is 0 Å². The van der Waals surface area contributed by atoms with Crippen LogP contribution in [0.3, 0.4) is 0 Å². The van der Waals surface area contributed by atoms with E-state index in [1.54, 1.807) is 6.07 Å². The minimum absolute atomic E-state index is 0.0774. The molecule has 0 saturated heterocycles. The van der Waals surface area contributed by atoms with Crippen molar-refractivity contribution in [2.75, 3.05) is 0 Å². The van der Waals surface area contributed by atoms with Crippen LogP contribution in [0, 0.1) is 5.41 Å². The highest BCUT2D eigenvalue weighted by molar-refractivity contribution is 9.13. The first-order valence-corrected chi connectivity index (χ1v) is 3.99. The lowest BCUT2D eigenvalue weighted by Gasteiger charge is -1.86. The van der Waals surface area contributed by atoms with Gasteiger partial charge in [-0.2, -0.15) is 0 Å². The second kappa shape index (κ2) is 2.75. The van der Waals surface area contributed by atoms with E-state index in [2.05, 4.69) is 31.9 Å². The van der Waals surface area contributed by atoms with Crippen molar-refractivity contribution in [1.29, 1.82) is 5.41 Å². The molecule has 0 atom stereocenters. The van der Waals surface area contributed by atoms with Crippen LogP contribution < -0.4 is 5.73 Å². The van der Waals surface area contributed by atoms with Crippen molar-refractivity contribution in [1.82, 2.24) is 0 Å². The second-order valence-corrected chi connectivity index (χ2v) is 3.22. The Morgan fingerprint density at radius 3 is 2.40 bits per heavy atom. The van der Waals surface area contributed by atoms with Gasteiger partial charge in [0.25, 0.3) is 0 Å². The number of nitrogen functional groups attached to an aromatic ring is 1. The topological polar surface area (TPSA) is 63.0 Å². The molecule has 1 heterocycles. The fourth-order valence-electron chi connectivity index (χ4n) is 0.479. The van der Waals surface area contributed by atoms with Crippen LogP contribution in [0.1, 0.15) is 5.76 Å². The number of rotatable bonds is 1. The zero-order valence-electron chi connectivity index (χ0n) is 4.82. The highest BCUT2D eigenvalue weighted by atomic mass is 79.9. The molecule has 54 valence electrons. The Bertz CT molecular complexity index is 249. The van der Waals surface area contributed by atoms with Crippen molar-refractivity contribution in [2.45, 2.75) is 0 Å². The summed E-state index contributed by atoms with van der Waals surface area (Å²) < 4.78 is 6.31. The molecular weight excluding hydrogens is 264 g/mol. The first-order valence-electron chi connectivity index (χ1n) is 2.40. The van der Waals surface area contributed by atoms with Crippen molar-refractivity contribution >= 4 is 37.7 Å². The Labute approximate surface area is 74.4 Å². The highest BCUT2D eigenvalue weighted by Crippen LogP contribution is 2.26. The summed E-state index contributed by atoms with van der Waals surface area (Å²) in [5, 5.41) is 6.99. The predicted molar refractivity (Wildman–Crippen MR) is 45.1 cm³/mol. The van der Waals surface area contributed by atoms with Gasteiger partial charge in [0.15, 0.2) is 16.3 Å². The number of amidine groups is 1. The van der Waals surface area contributed by atoms with Crippen LogP contribution in [0.15, 0.2) is 19.6 Å². The first-order chi connectivity index (χ1) is 4.61. The van der Waals surface area contributed by atoms with E-state index in [1.165, 1.54) is 0 Å². The van der Waals surface area contributed by atoms with E-state index < -0.39 is 0 Å². The van der Waals surface area contributed by atoms with Crippen molar-refractivity contribution in [2.24, 2.45) is 5.73 Å². The minimum Gasteiger partial charge on any atom is -0.445 e. The van der Waals surface area contributed by atoms with Crippen molar-refractivity contribution in [3.8, 4) is 0 Å². The van der Waals surface area contributed by atoms with E-state index in [0.717, 1.165) is 4.47 Å². The fraction of sp³-hybridized carbons (Fsp3) is 0. The number of hydrogen-bond donors (Lipinski definition) is 2. The molecule has 0 bridgehead atoms. The van der Waals surface area contributed by atoms with E-state index in [0.29, 0.717) is 10.4 Å². The quantitative estimate of drug-likeness (QED) is 0.605. The summed E-state index contributed by atoms with van der Waals surface area (Å²) in [7, 11) is 0. The molecule has 0 aliphatic rings. The van der Waals surface area contributed by atoms with Gasteiger partial charge in [0.05, 0.1) is 4.47 Å². The molecule has 1 rings (SSSR count). The summed E-state index contributed by atoms with van der Waals surface area (Å²) in [6.07, 6.45) is 0. The number of nitrogens with two attached hydrogens (primary N) is 1. The number of nitrogens with one attached hydrogen (secondary N) is 1. The van der Waals surface area contributed by atoms with Crippen molar-refractivity contribution < 1.29 is 4.42 Å². The molecule has 0 unspecified atom stereocenters. The monoisotopic (exact) mass is 266 g/mol. The molecule has 0 aliphatic carbocycles. The molecule has 1 aromatic heterocycles. The smallest absolute Gasteiger partial charge is 0.184 e. The summed E-state index contributed by atoms with van der Waals surface area (Å²) in [5.41, 5.74) is 5.14. The molecule has 0 aliphatic heterocycles. The molecule has 3 N–H and O–H groups in total. The van der Waals surface area contributed by atoms with E-state index in [1.807, 2.05) is 0 Å². The maximum atomic E-state index is 6.99. The Morgan fingerprint density at radius 2 is 2.20 bits per heavy atom. The summed E-state index contributed by atoms with van der Waals surface area (Å²) in [6, 6.07) is 1.63. The molecule has 1 aromatic rings. The van der Waals surface area contributed by atoms with Gasteiger partial charge in [0, 0.05) is 6.07 Å². The molecule has 0 amide bonds. The Balaban J connectivity index is 3.10. The molecular formula is C5H4Br2N2O. The number of hydrogen-bond acceptors (Lipinski definition) is 2. The van der Waals surface area contributed by atoms with E-state index >= 15 is 0 Å². The van der Waals surface area contributed by atoms with Gasteiger partial charge in [-0.15, -0.1) is 0 Å².